The van der Waals surface area contributed by atoms with Crippen LogP contribution in [0.3, 0.4) is 0 Å². The summed E-state index contributed by atoms with van der Waals surface area (Å²) in [7, 11) is 0. The fourth-order valence-corrected chi connectivity index (χ4v) is 2.21. The third-order valence-electron chi connectivity index (χ3n) is 3.19. The van der Waals surface area contributed by atoms with Gasteiger partial charge in [0.2, 0.25) is 0 Å². The summed E-state index contributed by atoms with van der Waals surface area (Å²) in [5.74, 6) is -0.401. The monoisotopic (exact) mass is 320 g/mol. The first kappa shape index (κ1) is 15.2. The summed E-state index contributed by atoms with van der Waals surface area (Å²) in [4.78, 5) is 4.12. The van der Waals surface area contributed by atoms with Crippen molar-refractivity contribution in [2.75, 3.05) is 0 Å². The second kappa shape index (κ2) is 5.83. The predicted molar refractivity (Wildman–Crippen MR) is 74.4 cm³/mol. The minimum Gasteiger partial charge on any atom is -0.237 e. The van der Waals surface area contributed by atoms with Gasteiger partial charge in [-0.1, -0.05) is 0 Å². The lowest BCUT2D eigenvalue weighted by atomic mass is 10.0. The molecule has 0 amide bonds. The molecular weight excluding hydrogens is 310 g/mol. The number of hydrogen-bond donors (Lipinski definition) is 0. The summed E-state index contributed by atoms with van der Waals surface area (Å²) in [6.45, 7) is 0. The maximum Gasteiger partial charge on any atom is 0.416 e. The van der Waals surface area contributed by atoms with Crippen molar-refractivity contribution in [3.8, 4) is 5.82 Å². The second-order valence-electron chi connectivity index (χ2n) is 4.93. The Morgan fingerprint density at radius 3 is 2.61 bits per heavy atom. The lowest BCUT2D eigenvalue weighted by Crippen LogP contribution is -2.07. The lowest BCUT2D eigenvalue weighted by Gasteiger charge is -2.10. The average Bonchev–Trinajstić information content (AvgIpc) is 3.00. The molecular formula is C16H10F4N3. The summed E-state index contributed by atoms with van der Waals surface area (Å²) >= 11 is 0. The van der Waals surface area contributed by atoms with E-state index in [1.54, 1.807) is 24.4 Å². The molecule has 0 spiro atoms. The highest BCUT2D eigenvalue weighted by atomic mass is 19.4. The van der Waals surface area contributed by atoms with Gasteiger partial charge in [-0.2, -0.15) is 18.3 Å². The maximum atomic E-state index is 13.4. The summed E-state index contributed by atoms with van der Waals surface area (Å²) in [6, 6.07) is 7.48. The molecule has 0 aliphatic heterocycles. The first-order valence-electron chi connectivity index (χ1n) is 6.65. The topological polar surface area (TPSA) is 30.7 Å². The van der Waals surface area contributed by atoms with Crippen molar-refractivity contribution in [1.82, 2.24) is 14.8 Å². The van der Waals surface area contributed by atoms with Gasteiger partial charge in [0, 0.05) is 12.4 Å². The molecule has 2 heterocycles. The van der Waals surface area contributed by atoms with Gasteiger partial charge in [0.05, 0.1) is 5.56 Å². The molecule has 0 aliphatic rings. The van der Waals surface area contributed by atoms with Crippen LogP contribution in [0.2, 0.25) is 0 Å². The summed E-state index contributed by atoms with van der Waals surface area (Å²) in [5, 5.41) is 3.92. The molecule has 1 aromatic carbocycles. The molecule has 3 aromatic rings. The van der Waals surface area contributed by atoms with Crippen molar-refractivity contribution in [3.05, 3.63) is 77.5 Å². The van der Waals surface area contributed by atoms with Crippen LogP contribution in [0.4, 0.5) is 17.6 Å². The van der Waals surface area contributed by atoms with Gasteiger partial charge >= 0.3 is 6.18 Å². The van der Waals surface area contributed by atoms with Crippen molar-refractivity contribution < 1.29 is 17.6 Å². The van der Waals surface area contributed by atoms with Crippen molar-refractivity contribution in [2.24, 2.45) is 0 Å². The summed E-state index contributed by atoms with van der Waals surface area (Å²) in [5.41, 5.74) is -0.0609. The SMILES string of the molecule is Fc1cc(Cc2ccnc(-n3cc[c]n3)c2)cc(C(F)(F)F)c1. The smallest absolute Gasteiger partial charge is 0.237 e. The Kier molecular flexibility index (Phi) is 3.85. The molecule has 1 radical (unpaired) electrons. The van der Waals surface area contributed by atoms with Crippen LogP contribution in [0.25, 0.3) is 5.82 Å². The van der Waals surface area contributed by atoms with Crippen LogP contribution in [0.15, 0.2) is 48.8 Å². The van der Waals surface area contributed by atoms with Gasteiger partial charge in [0.1, 0.15) is 12.0 Å². The Hall–Kier alpha value is -2.70. The zero-order chi connectivity index (χ0) is 16.4. The summed E-state index contributed by atoms with van der Waals surface area (Å²) in [6.07, 6.45) is 1.38. The largest absolute Gasteiger partial charge is 0.416 e. The van der Waals surface area contributed by atoms with Crippen LogP contribution in [0.5, 0.6) is 0 Å². The standard InChI is InChI=1S/C16H10F4N3/c17-14-8-12(7-13(10-14)16(18,19)20)6-11-2-4-21-15(9-11)23-5-1-3-22-23/h1-2,4-5,7-10H,6H2. The van der Waals surface area contributed by atoms with Crippen LogP contribution in [0, 0.1) is 12.0 Å². The van der Waals surface area contributed by atoms with E-state index in [2.05, 4.69) is 16.3 Å². The van der Waals surface area contributed by atoms with E-state index in [0.717, 1.165) is 12.1 Å². The molecule has 0 saturated heterocycles. The van der Waals surface area contributed by atoms with Crippen LogP contribution >= 0.6 is 0 Å². The first-order valence-corrected chi connectivity index (χ1v) is 6.65. The number of pyridine rings is 1. The van der Waals surface area contributed by atoms with Crippen LogP contribution in [-0.2, 0) is 12.6 Å². The van der Waals surface area contributed by atoms with E-state index in [4.69, 9.17) is 0 Å². The highest BCUT2D eigenvalue weighted by Gasteiger charge is 2.31. The molecule has 23 heavy (non-hydrogen) atoms. The highest BCUT2D eigenvalue weighted by Crippen LogP contribution is 2.31. The van der Waals surface area contributed by atoms with Gasteiger partial charge in [-0.15, -0.1) is 0 Å². The molecule has 3 rings (SSSR count). The quantitative estimate of drug-likeness (QED) is 0.687. The molecule has 0 N–H and O–H groups in total. The third kappa shape index (κ3) is 3.56. The Labute approximate surface area is 129 Å². The number of rotatable bonds is 3. The molecule has 117 valence electrons. The molecule has 7 heteroatoms. The van der Waals surface area contributed by atoms with E-state index in [9.17, 15) is 17.6 Å². The molecule has 0 fully saturated rings. The normalized spacial score (nSPS) is 11.7. The van der Waals surface area contributed by atoms with E-state index in [1.807, 2.05) is 0 Å². The number of nitrogens with zero attached hydrogens (tertiary/aromatic N) is 3. The van der Waals surface area contributed by atoms with Gasteiger partial charge in [-0.05, 0) is 53.9 Å². The van der Waals surface area contributed by atoms with Crippen molar-refractivity contribution >= 4 is 0 Å². The third-order valence-corrected chi connectivity index (χ3v) is 3.19. The predicted octanol–water partition coefficient (Wildman–Crippen LogP) is 3.82. The molecule has 0 bridgehead atoms. The minimum absolute atomic E-state index is 0.154. The highest BCUT2D eigenvalue weighted by molar-refractivity contribution is 5.34. The number of benzene rings is 1. The Morgan fingerprint density at radius 1 is 1.09 bits per heavy atom. The molecule has 3 nitrogen and oxygen atoms in total. The van der Waals surface area contributed by atoms with Gasteiger partial charge in [0.25, 0.3) is 0 Å². The van der Waals surface area contributed by atoms with Crippen molar-refractivity contribution in [1.29, 1.82) is 0 Å². The van der Waals surface area contributed by atoms with Gasteiger partial charge in [0.15, 0.2) is 5.82 Å². The lowest BCUT2D eigenvalue weighted by molar-refractivity contribution is -0.137. The van der Waals surface area contributed by atoms with Crippen molar-refractivity contribution in [3.63, 3.8) is 0 Å². The van der Waals surface area contributed by atoms with Gasteiger partial charge in [-0.25, -0.2) is 14.1 Å². The minimum atomic E-state index is -4.58. The number of hydrogen-bond acceptors (Lipinski definition) is 2. The average molecular weight is 320 g/mol. The number of halogens is 4. The van der Waals surface area contributed by atoms with Gasteiger partial charge < -0.3 is 0 Å². The summed E-state index contributed by atoms with van der Waals surface area (Å²) < 4.78 is 53.1. The van der Waals surface area contributed by atoms with E-state index in [1.165, 1.54) is 10.9 Å². The molecule has 0 aliphatic carbocycles. The van der Waals surface area contributed by atoms with Crippen molar-refractivity contribution in [2.45, 2.75) is 12.6 Å². The zero-order valence-electron chi connectivity index (χ0n) is 11.7. The molecule has 0 saturated carbocycles. The van der Waals surface area contributed by atoms with Crippen LogP contribution in [-0.4, -0.2) is 14.8 Å². The number of alkyl halides is 3. The van der Waals surface area contributed by atoms with E-state index in [-0.39, 0.29) is 12.0 Å². The van der Waals surface area contributed by atoms with E-state index >= 15 is 0 Å². The fraction of sp³-hybridized carbons (Fsp3) is 0.125. The van der Waals surface area contributed by atoms with E-state index in [0.29, 0.717) is 17.4 Å². The Morgan fingerprint density at radius 2 is 1.91 bits per heavy atom. The number of aromatic nitrogens is 3. The maximum absolute atomic E-state index is 13.4. The van der Waals surface area contributed by atoms with Gasteiger partial charge in [-0.3, -0.25) is 0 Å². The fourth-order valence-electron chi connectivity index (χ4n) is 2.21. The van der Waals surface area contributed by atoms with Crippen LogP contribution < -0.4 is 0 Å². The second-order valence-corrected chi connectivity index (χ2v) is 4.93. The Bertz CT molecular complexity index is 810. The first-order chi connectivity index (χ1) is 10.9. The van der Waals surface area contributed by atoms with Crippen LogP contribution in [0.1, 0.15) is 16.7 Å². The van der Waals surface area contributed by atoms with E-state index < -0.39 is 17.6 Å². The molecule has 2 aromatic heterocycles. The molecule has 0 atom stereocenters. The molecule has 0 unspecified atom stereocenters. The Balaban J connectivity index is 1.91. The zero-order valence-corrected chi connectivity index (χ0v) is 11.7.